The molecule has 3 aromatic rings. The monoisotopic (exact) mass is 570 g/mol. The summed E-state index contributed by atoms with van der Waals surface area (Å²) in [5, 5.41) is 0. The Balaban J connectivity index is 1.08. The number of rotatable bonds is 6. The Hall–Kier alpha value is -2.89. The van der Waals surface area contributed by atoms with E-state index in [0.29, 0.717) is 43.8 Å². The maximum absolute atomic E-state index is 15.9. The summed E-state index contributed by atoms with van der Waals surface area (Å²) < 4.78 is 40.0. The second-order valence-corrected chi connectivity index (χ2v) is 14.1. The summed E-state index contributed by atoms with van der Waals surface area (Å²) in [5.41, 5.74) is 3.82. The standard InChI is InChI=1S/C37H43FO4/c1-35(2,3)42-31-14-16-33-27(19-31)11-15-32(25-7-5-4-6-8-25)34(33)26-9-12-30(13-10-26)39-24-36(38)20-28-22-37(23-29(28)21-36)40-17-18-41-37/h4-10,12-14,16,19,28-29,32,34H,11,15,17-18,20-24H2,1-3H3/t28?,29?,32-,34+,36?/m1/s1. The largest absolute Gasteiger partial charge is 0.490 e. The molecule has 2 unspecified atom stereocenters. The third-order valence-corrected chi connectivity index (χ3v) is 9.85. The van der Waals surface area contributed by atoms with Crippen molar-refractivity contribution < 1.29 is 23.3 Å². The van der Waals surface area contributed by atoms with Crippen molar-refractivity contribution in [1.29, 1.82) is 0 Å². The van der Waals surface area contributed by atoms with Crippen LogP contribution in [0.5, 0.6) is 11.5 Å². The third kappa shape index (κ3) is 5.58. The predicted molar refractivity (Wildman–Crippen MR) is 162 cm³/mol. The summed E-state index contributed by atoms with van der Waals surface area (Å²) in [7, 11) is 0. The van der Waals surface area contributed by atoms with Crippen LogP contribution in [0.15, 0.2) is 72.8 Å². The molecular formula is C37H43FO4. The lowest BCUT2D eigenvalue weighted by molar-refractivity contribution is -0.157. The van der Waals surface area contributed by atoms with E-state index >= 15 is 4.39 Å². The van der Waals surface area contributed by atoms with Crippen molar-refractivity contribution in [1.82, 2.24) is 0 Å². The summed E-state index contributed by atoms with van der Waals surface area (Å²) in [4.78, 5) is 0. The summed E-state index contributed by atoms with van der Waals surface area (Å²) in [6, 6.07) is 25.9. The number of ether oxygens (including phenoxy) is 4. The Bertz CT molecular complexity index is 1370. The zero-order valence-electron chi connectivity index (χ0n) is 25.1. The number of benzene rings is 3. The average Bonchev–Trinajstić information content (AvgIpc) is 3.64. The molecule has 0 aromatic heterocycles. The number of halogens is 1. The highest BCUT2D eigenvalue weighted by molar-refractivity contribution is 5.48. The van der Waals surface area contributed by atoms with Crippen LogP contribution in [0.1, 0.15) is 87.0 Å². The van der Waals surface area contributed by atoms with E-state index in [9.17, 15) is 0 Å². The molecule has 1 heterocycles. The number of hydrogen-bond donors (Lipinski definition) is 0. The molecule has 1 spiro atoms. The molecular weight excluding hydrogens is 527 g/mol. The quantitative estimate of drug-likeness (QED) is 0.298. The molecule has 7 rings (SSSR count). The number of aryl methyl sites for hydroxylation is 1. The minimum atomic E-state index is -1.29. The topological polar surface area (TPSA) is 36.9 Å². The average molecular weight is 571 g/mol. The molecule has 1 aliphatic heterocycles. The van der Waals surface area contributed by atoms with E-state index in [1.54, 1.807) is 0 Å². The van der Waals surface area contributed by atoms with Gasteiger partial charge in [-0.2, -0.15) is 0 Å². The Labute approximate surface area is 249 Å². The zero-order chi connectivity index (χ0) is 29.0. The first-order valence-electron chi connectivity index (χ1n) is 15.7. The van der Waals surface area contributed by atoms with Gasteiger partial charge < -0.3 is 18.9 Å². The van der Waals surface area contributed by atoms with Crippen LogP contribution in [0.25, 0.3) is 0 Å². The molecule has 0 amide bonds. The second kappa shape index (κ2) is 10.7. The number of hydrogen-bond acceptors (Lipinski definition) is 4. The normalized spacial score (nSPS) is 29.8. The van der Waals surface area contributed by atoms with Gasteiger partial charge in [-0.15, -0.1) is 0 Å². The van der Waals surface area contributed by atoms with E-state index < -0.39 is 11.5 Å². The molecule has 3 aliphatic carbocycles. The van der Waals surface area contributed by atoms with E-state index in [0.717, 1.165) is 37.2 Å². The number of alkyl halides is 1. The van der Waals surface area contributed by atoms with E-state index in [2.05, 4.69) is 81.4 Å². The fraction of sp³-hybridized carbons (Fsp3) is 0.514. The van der Waals surface area contributed by atoms with Crippen molar-refractivity contribution in [2.75, 3.05) is 19.8 Å². The van der Waals surface area contributed by atoms with Crippen LogP contribution in [-0.2, 0) is 15.9 Å². The minimum absolute atomic E-state index is 0.101. The van der Waals surface area contributed by atoms with Gasteiger partial charge in [0.2, 0.25) is 0 Å². The highest BCUT2D eigenvalue weighted by Gasteiger charge is 2.57. The van der Waals surface area contributed by atoms with Crippen molar-refractivity contribution in [3.63, 3.8) is 0 Å². The highest BCUT2D eigenvalue weighted by atomic mass is 19.1. The Morgan fingerprint density at radius 3 is 2.14 bits per heavy atom. The maximum atomic E-state index is 15.9. The molecule has 0 radical (unpaired) electrons. The maximum Gasteiger partial charge on any atom is 0.169 e. The molecule has 4 atom stereocenters. The lowest BCUT2D eigenvalue weighted by atomic mass is 9.69. The Morgan fingerprint density at radius 2 is 1.48 bits per heavy atom. The predicted octanol–water partition coefficient (Wildman–Crippen LogP) is 8.38. The van der Waals surface area contributed by atoms with Crippen molar-refractivity contribution >= 4 is 0 Å². The van der Waals surface area contributed by atoms with Gasteiger partial charge in [-0.1, -0.05) is 48.5 Å². The van der Waals surface area contributed by atoms with Gasteiger partial charge in [-0.3, -0.25) is 0 Å². The van der Waals surface area contributed by atoms with Crippen LogP contribution in [0.4, 0.5) is 4.39 Å². The molecule has 0 N–H and O–H groups in total. The van der Waals surface area contributed by atoms with E-state index in [-0.39, 0.29) is 18.1 Å². The number of fused-ring (bicyclic) bond motifs is 2. The van der Waals surface area contributed by atoms with Gasteiger partial charge in [0.15, 0.2) is 5.79 Å². The SMILES string of the molecule is CC(C)(C)Oc1ccc2c(c1)CC[C@H](c1ccccc1)[C@@H]2c1ccc(OCC2(F)CC3CC4(CC3C2)OCCO4)cc1. The van der Waals surface area contributed by atoms with Gasteiger partial charge in [0.25, 0.3) is 0 Å². The molecule has 0 bridgehead atoms. The Kier molecular flexibility index (Phi) is 7.10. The summed E-state index contributed by atoms with van der Waals surface area (Å²) in [6.45, 7) is 7.67. The van der Waals surface area contributed by atoms with Crippen LogP contribution in [0, 0.1) is 11.8 Å². The van der Waals surface area contributed by atoms with Crippen LogP contribution in [-0.4, -0.2) is 36.9 Å². The molecule has 222 valence electrons. The first-order valence-corrected chi connectivity index (χ1v) is 15.7. The third-order valence-electron chi connectivity index (χ3n) is 9.85. The first kappa shape index (κ1) is 27.9. The Morgan fingerprint density at radius 1 is 0.810 bits per heavy atom. The molecule has 3 aromatic carbocycles. The zero-order valence-corrected chi connectivity index (χ0v) is 25.1. The summed E-state index contributed by atoms with van der Waals surface area (Å²) in [6.07, 6.45) is 4.78. The van der Waals surface area contributed by atoms with E-state index in [1.807, 2.05) is 12.1 Å². The van der Waals surface area contributed by atoms with Gasteiger partial charge in [0.05, 0.1) is 13.2 Å². The molecule has 3 fully saturated rings. The summed E-state index contributed by atoms with van der Waals surface area (Å²) >= 11 is 0. The molecule has 1 saturated heterocycles. The second-order valence-electron chi connectivity index (χ2n) is 14.1. The van der Waals surface area contributed by atoms with Crippen molar-refractivity contribution in [2.45, 2.75) is 88.2 Å². The van der Waals surface area contributed by atoms with Crippen LogP contribution < -0.4 is 9.47 Å². The van der Waals surface area contributed by atoms with Crippen LogP contribution in [0.2, 0.25) is 0 Å². The van der Waals surface area contributed by atoms with E-state index in [4.69, 9.17) is 18.9 Å². The smallest absolute Gasteiger partial charge is 0.169 e. The van der Waals surface area contributed by atoms with Gasteiger partial charge in [0.1, 0.15) is 29.4 Å². The van der Waals surface area contributed by atoms with Crippen molar-refractivity contribution in [2.24, 2.45) is 11.8 Å². The fourth-order valence-electron chi connectivity index (χ4n) is 8.24. The van der Waals surface area contributed by atoms with Gasteiger partial charge in [0, 0.05) is 18.8 Å². The highest BCUT2D eigenvalue weighted by Crippen LogP contribution is 2.56. The van der Waals surface area contributed by atoms with Crippen molar-refractivity contribution in [3.05, 3.63) is 95.1 Å². The van der Waals surface area contributed by atoms with Crippen LogP contribution >= 0.6 is 0 Å². The van der Waals surface area contributed by atoms with Crippen LogP contribution in [0.3, 0.4) is 0 Å². The molecule has 4 nitrogen and oxygen atoms in total. The van der Waals surface area contributed by atoms with E-state index in [1.165, 1.54) is 22.3 Å². The molecule has 5 heteroatoms. The fourth-order valence-corrected chi connectivity index (χ4v) is 8.24. The minimum Gasteiger partial charge on any atom is -0.490 e. The van der Waals surface area contributed by atoms with Gasteiger partial charge >= 0.3 is 0 Å². The molecule has 2 saturated carbocycles. The van der Waals surface area contributed by atoms with Crippen molar-refractivity contribution in [3.8, 4) is 11.5 Å². The lowest BCUT2D eigenvalue weighted by Crippen LogP contribution is -2.32. The molecule has 42 heavy (non-hydrogen) atoms. The van der Waals surface area contributed by atoms with Gasteiger partial charge in [-0.05, 0) is 111 Å². The molecule has 4 aliphatic rings. The van der Waals surface area contributed by atoms with Gasteiger partial charge in [-0.25, -0.2) is 4.39 Å². The first-order chi connectivity index (χ1) is 20.2. The lowest BCUT2D eigenvalue weighted by Gasteiger charge is -2.35. The summed E-state index contributed by atoms with van der Waals surface area (Å²) in [5.74, 6) is 2.45.